The van der Waals surface area contributed by atoms with Crippen molar-refractivity contribution in [2.45, 2.75) is 26.1 Å². The van der Waals surface area contributed by atoms with Gasteiger partial charge in [-0.3, -0.25) is 9.89 Å². The Labute approximate surface area is 212 Å². The molecule has 1 aliphatic rings. The molecule has 0 radical (unpaired) electrons. The minimum atomic E-state index is 0. The number of nitrogens with one attached hydrogen (secondary N) is 2. The standard InChI is InChI=1S/C25H30N4O3.HI/c1-26-25(27-12-11-19-9-10-23-24(14-19)32-18-31-23)28-15-20-6-3-4-7-21(20)16-29(2)17-22-8-5-13-30-22;/h3-10,13-14H,11-12,15-18H2,1-2H3,(H2,26,27,28);1H. The van der Waals surface area contributed by atoms with Gasteiger partial charge in [0.05, 0.1) is 12.8 Å². The van der Waals surface area contributed by atoms with Crippen molar-refractivity contribution < 1.29 is 13.9 Å². The van der Waals surface area contributed by atoms with Gasteiger partial charge in [-0.05, 0) is 54.4 Å². The molecule has 0 amide bonds. The van der Waals surface area contributed by atoms with Gasteiger partial charge >= 0.3 is 0 Å². The molecule has 8 heteroatoms. The van der Waals surface area contributed by atoms with Gasteiger partial charge in [0.15, 0.2) is 17.5 Å². The van der Waals surface area contributed by atoms with E-state index in [-0.39, 0.29) is 24.0 Å². The fourth-order valence-electron chi connectivity index (χ4n) is 3.72. The van der Waals surface area contributed by atoms with Crippen molar-refractivity contribution in [2.75, 3.05) is 27.4 Å². The van der Waals surface area contributed by atoms with Gasteiger partial charge in [0.2, 0.25) is 6.79 Å². The molecule has 2 heterocycles. The molecule has 1 aliphatic heterocycles. The SMILES string of the molecule is CN=C(NCCc1ccc2c(c1)OCO2)NCc1ccccc1CN(C)Cc1ccco1.I. The highest BCUT2D eigenvalue weighted by Gasteiger charge is 2.13. The second-order valence-corrected chi connectivity index (χ2v) is 7.81. The smallest absolute Gasteiger partial charge is 0.231 e. The molecule has 4 rings (SSSR count). The third-order valence-electron chi connectivity index (χ3n) is 5.38. The van der Waals surface area contributed by atoms with Crippen LogP contribution in [0.2, 0.25) is 0 Å². The Balaban J connectivity index is 0.00000306. The molecule has 0 bridgehead atoms. The second kappa shape index (κ2) is 12.5. The predicted octanol–water partition coefficient (Wildman–Crippen LogP) is 4.17. The molecule has 0 fully saturated rings. The van der Waals surface area contributed by atoms with Crippen LogP contribution in [-0.2, 0) is 26.1 Å². The summed E-state index contributed by atoms with van der Waals surface area (Å²) in [4.78, 5) is 6.61. The van der Waals surface area contributed by atoms with E-state index in [1.807, 2.05) is 24.3 Å². The summed E-state index contributed by atoms with van der Waals surface area (Å²) in [6.07, 6.45) is 2.58. The van der Waals surface area contributed by atoms with Crippen LogP contribution >= 0.6 is 24.0 Å². The first-order chi connectivity index (χ1) is 15.7. The summed E-state index contributed by atoms with van der Waals surface area (Å²) in [6.45, 7) is 3.39. The lowest BCUT2D eigenvalue weighted by atomic mass is 10.1. The third-order valence-corrected chi connectivity index (χ3v) is 5.38. The average Bonchev–Trinajstić information content (AvgIpc) is 3.48. The van der Waals surface area contributed by atoms with Crippen LogP contribution in [0.3, 0.4) is 0 Å². The van der Waals surface area contributed by atoms with Gasteiger partial charge in [-0.2, -0.15) is 0 Å². The number of halogens is 1. The number of fused-ring (bicyclic) bond motifs is 1. The molecule has 0 saturated carbocycles. The number of rotatable bonds is 9. The molecule has 2 aromatic carbocycles. The molecule has 2 N–H and O–H groups in total. The topological polar surface area (TPSA) is 71.3 Å². The summed E-state index contributed by atoms with van der Waals surface area (Å²) in [6, 6.07) is 18.5. The lowest BCUT2D eigenvalue weighted by molar-refractivity contribution is 0.174. The molecule has 1 aromatic heterocycles. The van der Waals surface area contributed by atoms with Crippen LogP contribution in [0.4, 0.5) is 0 Å². The number of hydrogen-bond acceptors (Lipinski definition) is 5. The van der Waals surface area contributed by atoms with Crippen molar-refractivity contribution in [3.63, 3.8) is 0 Å². The molecule has 0 unspecified atom stereocenters. The summed E-state index contributed by atoms with van der Waals surface area (Å²) < 4.78 is 16.3. The van der Waals surface area contributed by atoms with E-state index in [4.69, 9.17) is 13.9 Å². The zero-order valence-corrected chi connectivity index (χ0v) is 21.4. The summed E-state index contributed by atoms with van der Waals surface area (Å²) in [5, 5.41) is 6.82. The first-order valence-electron chi connectivity index (χ1n) is 10.8. The number of benzene rings is 2. The number of aliphatic imine (C=N–C) groups is 1. The van der Waals surface area contributed by atoms with Crippen LogP contribution in [0.15, 0.2) is 70.3 Å². The van der Waals surface area contributed by atoms with Gasteiger partial charge in [0.25, 0.3) is 0 Å². The Morgan fingerprint density at radius 2 is 1.79 bits per heavy atom. The molecule has 33 heavy (non-hydrogen) atoms. The molecular formula is C25H31IN4O3. The van der Waals surface area contributed by atoms with Crippen LogP contribution in [0.1, 0.15) is 22.5 Å². The van der Waals surface area contributed by atoms with Gasteiger partial charge < -0.3 is 24.5 Å². The summed E-state index contributed by atoms with van der Waals surface area (Å²) >= 11 is 0. The zero-order chi connectivity index (χ0) is 22.2. The number of nitrogens with zero attached hydrogens (tertiary/aromatic N) is 2. The summed E-state index contributed by atoms with van der Waals surface area (Å²) in [5.74, 6) is 3.38. The maximum Gasteiger partial charge on any atom is 0.231 e. The normalized spacial score (nSPS) is 12.5. The monoisotopic (exact) mass is 562 g/mol. The molecule has 176 valence electrons. The molecule has 7 nitrogen and oxygen atoms in total. The minimum absolute atomic E-state index is 0. The second-order valence-electron chi connectivity index (χ2n) is 7.81. The third kappa shape index (κ3) is 7.13. The quantitative estimate of drug-likeness (QED) is 0.232. The highest BCUT2D eigenvalue weighted by Crippen LogP contribution is 2.32. The van der Waals surface area contributed by atoms with Gasteiger partial charge in [0.1, 0.15) is 5.76 Å². The lowest BCUT2D eigenvalue weighted by Crippen LogP contribution is -2.38. The Morgan fingerprint density at radius 3 is 2.58 bits per heavy atom. The van der Waals surface area contributed by atoms with Gasteiger partial charge in [-0.15, -0.1) is 24.0 Å². The van der Waals surface area contributed by atoms with Crippen LogP contribution in [-0.4, -0.2) is 38.3 Å². The van der Waals surface area contributed by atoms with E-state index >= 15 is 0 Å². The van der Waals surface area contributed by atoms with Crippen molar-refractivity contribution in [2.24, 2.45) is 4.99 Å². The largest absolute Gasteiger partial charge is 0.468 e. The number of guanidine groups is 1. The van der Waals surface area contributed by atoms with E-state index in [9.17, 15) is 0 Å². The molecule has 0 atom stereocenters. The van der Waals surface area contributed by atoms with E-state index in [0.717, 1.165) is 49.3 Å². The number of furan rings is 1. The Bertz CT molecular complexity index is 1040. The Kier molecular flexibility index (Phi) is 9.44. The van der Waals surface area contributed by atoms with Crippen LogP contribution in [0, 0.1) is 0 Å². The van der Waals surface area contributed by atoms with E-state index < -0.39 is 0 Å². The van der Waals surface area contributed by atoms with E-state index in [1.54, 1.807) is 13.3 Å². The molecule has 0 spiro atoms. The molecule has 0 saturated heterocycles. The maximum atomic E-state index is 5.47. The highest BCUT2D eigenvalue weighted by molar-refractivity contribution is 14.0. The predicted molar refractivity (Wildman–Crippen MR) is 140 cm³/mol. The zero-order valence-electron chi connectivity index (χ0n) is 19.0. The van der Waals surface area contributed by atoms with E-state index in [1.165, 1.54) is 16.7 Å². The molecular weight excluding hydrogens is 531 g/mol. The molecule has 0 aliphatic carbocycles. The first-order valence-corrected chi connectivity index (χ1v) is 10.8. The van der Waals surface area contributed by atoms with Crippen molar-refractivity contribution in [3.8, 4) is 11.5 Å². The van der Waals surface area contributed by atoms with Gasteiger partial charge in [0, 0.05) is 26.7 Å². The fraction of sp³-hybridized carbons (Fsp3) is 0.320. The number of ether oxygens (including phenoxy) is 2. The van der Waals surface area contributed by atoms with Crippen LogP contribution in [0.5, 0.6) is 11.5 Å². The minimum Gasteiger partial charge on any atom is -0.468 e. The van der Waals surface area contributed by atoms with Gasteiger partial charge in [-0.25, -0.2) is 0 Å². The average molecular weight is 562 g/mol. The first kappa shape index (κ1) is 24.9. The van der Waals surface area contributed by atoms with E-state index in [0.29, 0.717) is 13.3 Å². The highest BCUT2D eigenvalue weighted by atomic mass is 127. The lowest BCUT2D eigenvalue weighted by Gasteiger charge is -2.19. The maximum absolute atomic E-state index is 5.47. The summed E-state index contributed by atoms with van der Waals surface area (Å²) in [7, 11) is 3.89. The molecule has 3 aromatic rings. The van der Waals surface area contributed by atoms with Crippen molar-refractivity contribution >= 4 is 29.9 Å². The van der Waals surface area contributed by atoms with Crippen LogP contribution in [0.25, 0.3) is 0 Å². The van der Waals surface area contributed by atoms with Crippen molar-refractivity contribution in [3.05, 3.63) is 83.3 Å². The van der Waals surface area contributed by atoms with Crippen molar-refractivity contribution in [1.82, 2.24) is 15.5 Å². The van der Waals surface area contributed by atoms with Crippen molar-refractivity contribution in [1.29, 1.82) is 0 Å². The summed E-state index contributed by atoms with van der Waals surface area (Å²) in [5.41, 5.74) is 3.73. The van der Waals surface area contributed by atoms with Crippen LogP contribution < -0.4 is 20.1 Å². The van der Waals surface area contributed by atoms with Gasteiger partial charge in [-0.1, -0.05) is 30.3 Å². The van der Waals surface area contributed by atoms with E-state index in [2.05, 4.69) is 57.9 Å². The Hall–Kier alpha value is -2.72. The Morgan fingerprint density at radius 1 is 0.970 bits per heavy atom. The fourth-order valence-corrected chi connectivity index (χ4v) is 3.72. The number of hydrogen-bond donors (Lipinski definition) is 2.